The highest BCUT2D eigenvalue weighted by molar-refractivity contribution is 7.13. The number of hydrogen-bond acceptors (Lipinski definition) is 6. The van der Waals surface area contributed by atoms with E-state index in [0.29, 0.717) is 17.2 Å². The standard InChI is InChI=1S/C19H20N4O4S/c1-26-15-7-5-13(12-16(15)27-2)21-19(25)20-9-10-23-18(24)8-6-14(22-23)17-4-3-11-28-17/h3-8,11-12H,9-10H2,1-2H3,(H2,20,21,25). The van der Waals surface area contributed by atoms with E-state index in [0.717, 1.165) is 10.6 Å². The number of carbonyl (C=O) groups is 1. The first-order valence-electron chi connectivity index (χ1n) is 8.49. The summed E-state index contributed by atoms with van der Waals surface area (Å²) in [7, 11) is 3.07. The Bertz CT molecular complexity index is 1000. The third-order valence-electron chi connectivity index (χ3n) is 3.89. The van der Waals surface area contributed by atoms with Crippen molar-refractivity contribution in [2.45, 2.75) is 6.54 Å². The Hall–Kier alpha value is -3.33. The number of nitrogens with one attached hydrogen (secondary N) is 2. The largest absolute Gasteiger partial charge is 0.493 e. The molecule has 146 valence electrons. The highest BCUT2D eigenvalue weighted by Crippen LogP contribution is 2.29. The number of rotatable bonds is 7. The zero-order valence-corrected chi connectivity index (χ0v) is 16.3. The number of ether oxygens (including phenoxy) is 2. The lowest BCUT2D eigenvalue weighted by atomic mass is 10.3. The molecule has 2 N–H and O–H groups in total. The van der Waals surface area contributed by atoms with Crippen LogP contribution in [0.4, 0.5) is 10.5 Å². The molecule has 0 aliphatic rings. The minimum absolute atomic E-state index is 0.220. The van der Waals surface area contributed by atoms with Crippen LogP contribution in [-0.2, 0) is 6.54 Å². The predicted octanol–water partition coefficient (Wildman–Crippen LogP) is 2.81. The summed E-state index contributed by atoms with van der Waals surface area (Å²) in [6.45, 7) is 0.511. The van der Waals surface area contributed by atoms with Gasteiger partial charge in [-0.15, -0.1) is 11.3 Å². The Morgan fingerprint density at radius 1 is 1.14 bits per heavy atom. The smallest absolute Gasteiger partial charge is 0.319 e. The van der Waals surface area contributed by atoms with Gasteiger partial charge in [0, 0.05) is 24.4 Å². The molecule has 0 bridgehead atoms. The summed E-state index contributed by atoms with van der Waals surface area (Å²) in [5, 5.41) is 11.7. The third-order valence-corrected chi connectivity index (χ3v) is 4.78. The molecular weight excluding hydrogens is 380 g/mol. The third kappa shape index (κ3) is 4.68. The van der Waals surface area contributed by atoms with E-state index in [1.165, 1.54) is 17.9 Å². The summed E-state index contributed by atoms with van der Waals surface area (Å²) >= 11 is 1.55. The van der Waals surface area contributed by atoms with Crippen molar-refractivity contribution in [3.63, 3.8) is 0 Å². The van der Waals surface area contributed by atoms with Crippen LogP contribution in [0, 0.1) is 0 Å². The van der Waals surface area contributed by atoms with Crippen molar-refractivity contribution in [3.05, 3.63) is 58.2 Å². The van der Waals surface area contributed by atoms with Crippen molar-refractivity contribution in [2.75, 3.05) is 26.1 Å². The number of nitrogens with zero attached hydrogens (tertiary/aromatic N) is 2. The van der Waals surface area contributed by atoms with Crippen molar-refractivity contribution in [3.8, 4) is 22.1 Å². The number of urea groups is 1. The molecule has 3 rings (SSSR count). The minimum atomic E-state index is -0.394. The van der Waals surface area contributed by atoms with Gasteiger partial charge in [-0.3, -0.25) is 4.79 Å². The van der Waals surface area contributed by atoms with Crippen LogP contribution in [0.1, 0.15) is 0 Å². The summed E-state index contributed by atoms with van der Waals surface area (Å²) in [5.41, 5.74) is 1.07. The number of benzene rings is 1. The van der Waals surface area contributed by atoms with Crippen LogP contribution in [0.2, 0.25) is 0 Å². The summed E-state index contributed by atoms with van der Waals surface area (Å²) in [4.78, 5) is 25.1. The fourth-order valence-electron chi connectivity index (χ4n) is 2.53. The van der Waals surface area contributed by atoms with E-state index in [1.807, 2.05) is 17.5 Å². The monoisotopic (exact) mass is 400 g/mol. The van der Waals surface area contributed by atoms with Crippen molar-refractivity contribution in [2.24, 2.45) is 0 Å². The lowest BCUT2D eigenvalue weighted by Gasteiger charge is -2.11. The van der Waals surface area contributed by atoms with Crippen LogP contribution in [-0.4, -0.2) is 36.6 Å². The van der Waals surface area contributed by atoms with Crippen LogP contribution >= 0.6 is 11.3 Å². The Kier molecular flexibility index (Phi) is 6.28. The van der Waals surface area contributed by atoms with Crippen molar-refractivity contribution >= 4 is 23.1 Å². The summed E-state index contributed by atoms with van der Waals surface area (Å²) in [6, 6.07) is 11.7. The molecule has 0 aliphatic carbocycles. The molecule has 0 saturated carbocycles. The summed E-state index contributed by atoms with van der Waals surface area (Å²) < 4.78 is 11.7. The molecule has 2 amide bonds. The first-order chi connectivity index (χ1) is 13.6. The number of hydrogen-bond donors (Lipinski definition) is 2. The maximum atomic E-state index is 12.1. The van der Waals surface area contributed by atoms with Crippen molar-refractivity contribution < 1.29 is 14.3 Å². The SMILES string of the molecule is COc1ccc(NC(=O)NCCn2nc(-c3cccs3)ccc2=O)cc1OC. The second-order valence-electron chi connectivity index (χ2n) is 5.71. The Morgan fingerprint density at radius 2 is 1.96 bits per heavy atom. The summed E-state index contributed by atoms with van der Waals surface area (Å²) in [5.74, 6) is 1.09. The molecule has 8 nitrogen and oxygen atoms in total. The van der Waals surface area contributed by atoms with Gasteiger partial charge >= 0.3 is 6.03 Å². The molecule has 0 aliphatic heterocycles. The Balaban J connectivity index is 1.57. The lowest BCUT2D eigenvalue weighted by Crippen LogP contribution is -2.34. The molecule has 3 aromatic rings. The maximum Gasteiger partial charge on any atom is 0.319 e. The molecule has 0 unspecified atom stereocenters. The molecule has 0 atom stereocenters. The van der Waals surface area contributed by atoms with Gasteiger partial charge in [-0.2, -0.15) is 5.10 Å². The second-order valence-corrected chi connectivity index (χ2v) is 6.66. The number of methoxy groups -OCH3 is 2. The second kappa shape index (κ2) is 9.05. The topological polar surface area (TPSA) is 94.5 Å². The Labute approximate surface area is 165 Å². The van der Waals surface area contributed by atoms with Gasteiger partial charge in [0.15, 0.2) is 11.5 Å². The minimum Gasteiger partial charge on any atom is -0.493 e. The lowest BCUT2D eigenvalue weighted by molar-refractivity contribution is 0.251. The quantitative estimate of drug-likeness (QED) is 0.636. The van der Waals surface area contributed by atoms with Gasteiger partial charge in [-0.25, -0.2) is 9.48 Å². The van der Waals surface area contributed by atoms with E-state index in [4.69, 9.17) is 9.47 Å². The first kappa shape index (κ1) is 19.4. The zero-order chi connectivity index (χ0) is 19.9. The maximum absolute atomic E-state index is 12.1. The van der Waals surface area contributed by atoms with E-state index in [-0.39, 0.29) is 18.6 Å². The summed E-state index contributed by atoms with van der Waals surface area (Å²) in [6.07, 6.45) is 0. The Morgan fingerprint density at radius 3 is 2.68 bits per heavy atom. The van der Waals surface area contributed by atoms with Gasteiger partial charge in [0.2, 0.25) is 0 Å². The van der Waals surface area contributed by atoms with E-state index < -0.39 is 6.03 Å². The van der Waals surface area contributed by atoms with Crippen LogP contribution < -0.4 is 25.7 Å². The molecule has 0 saturated heterocycles. The predicted molar refractivity (Wildman–Crippen MR) is 108 cm³/mol. The molecule has 9 heteroatoms. The van der Waals surface area contributed by atoms with Crippen LogP contribution in [0.5, 0.6) is 11.5 Å². The van der Waals surface area contributed by atoms with Crippen LogP contribution in [0.25, 0.3) is 10.6 Å². The van der Waals surface area contributed by atoms with Gasteiger partial charge in [-0.05, 0) is 29.6 Å². The van der Waals surface area contributed by atoms with E-state index >= 15 is 0 Å². The van der Waals surface area contributed by atoms with Gasteiger partial charge in [-0.1, -0.05) is 6.07 Å². The average Bonchev–Trinajstić information content (AvgIpc) is 3.24. The number of aromatic nitrogens is 2. The molecule has 0 spiro atoms. The highest BCUT2D eigenvalue weighted by Gasteiger charge is 2.08. The zero-order valence-electron chi connectivity index (χ0n) is 15.5. The number of carbonyl (C=O) groups excluding carboxylic acids is 1. The van der Waals surface area contributed by atoms with Crippen molar-refractivity contribution in [1.82, 2.24) is 15.1 Å². The number of amides is 2. The molecule has 1 aromatic carbocycles. The number of anilines is 1. The molecule has 2 heterocycles. The molecule has 0 radical (unpaired) electrons. The van der Waals surface area contributed by atoms with E-state index in [9.17, 15) is 9.59 Å². The molecular formula is C19H20N4O4S. The number of thiophene rings is 1. The van der Waals surface area contributed by atoms with E-state index in [1.54, 1.807) is 42.7 Å². The van der Waals surface area contributed by atoms with Gasteiger partial charge in [0.05, 0.1) is 25.6 Å². The van der Waals surface area contributed by atoms with Crippen LogP contribution in [0.3, 0.4) is 0 Å². The van der Waals surface area contributed by atoms with Gasteiger partial charge < -0.3 is 20.1 Å². The van der Waals surface area contributed by atoms with Gasteiger partial charge in [0.1, 0.15) is 5.69 Å². The fourth-order valence-corrected chi connectivity index (χ4v) is 3.22. The first-order valence-corrected chi connectivity index (χ1v) is 9.37. The van der Waals surface area contributed by atoms with E-state index in [2.05, 4.69) is 15.7 Å². The van der Waals surface area contributed by atoms with Crippen molar-refractivity contribution in [1.29, 1.82) is 0 Å². The normalized spacial score (nSPS) is 10.4. The van der Waals surface area contributed by atoms with Gasteiger partial charge in [0.25, 0.3) is 5.56 Å². The fraction of sp³-hybridized carbons (Fsp3) is 0.211. The molecule has 28 heavy (non-hydrogen) atoms. The molecule has 0 fully saturated rings. The molecule has 2 aromatic heterocycles. The average molecular weight is 400 g/mol. The van der Waals surface area contributed by atoms with Crippen LogP contribution in [0.15, 0.2) is 52.6 Å². The highest BCUT2D eigenvalue weighted by atomic mass is 32.1.